The van der Waals surface area contributed by atoms with E-state index in [1.165, 1.54) is 12.8 Å². The molecule has 1 heterocycles. The number of nitrogens with zero attached hydrogens (tertiary/aromatic N) is 1. The molecular weight excluding hydrogens is 452 g/mol. The normalized spacial score (nSPS) is 15.0. The molecule has 0 aliphatic heterocycles. The molecule has 0 bridgehead atoms. The monoisotopic (exact) mass is 490 g/mol. The molecule has 0 spiro atoms. The molecule has 36 heavy (non-hydrogen) atoms. The number of aryl methyl sites for hydroxylation is 1. The first-order valence-electron chi connectivity index (χ1n) is 12.9. The van der Waals surface area contributed by atoms with Gasteiger partial charge in [0, 0.05) is 17.4 Å². The van der Waals surface area contributed by atoms with Gasteiger partial charge in [0.15, 0.2) is 0 Å². The minimum atomic E-state index is -0.583. The molecule has 1 saturated carbocycles. The van der Waals surface area contributed by atoms with E-state index in [1.807, 2.05) is 76.5 Å². The van der Waals surface area contributed by atoms with Gasteiger partial charge in [0.25, 0.3) is 5.91 Å². The first kappa shape index (κ1) is 25.8. The first-order chi connectivity index (χ1) is 17.3. The van der Waals surface area contributed by atoms with E-state index in [0.717, 1.165) is 40.7 Å². The van der Waals surface area contributed by atoms with E-state index >= 15 is 0 Å². The maximum absolute atomic E-state index is 13.3. The van der Waals surface area contributed by atoms with Crippen LogP contribution >= 0.6 is 0 Å². The van der Waals surface area contributed by atoms with Crippen molar-refractivity contribution in [3.05, 3.63) is 65.4 Å². The zero-order valence-corrected chi connectivity index (χ0v) is 21.8. The first-order valence-corrected chi connectivity index (χ1v) is 12.9. The number of likely N-dealkylation sites (N-methyl/N-ethyl adjacent to an activating group) is 1. The molecule has 1 aliphatic rings. The molecule has 2 amide bonds. The van der Waals surface area contributed by atoms with Gasteiger partial charge < -0.3 is 25.3 Å². The van der Waals surface area contributed by atoms with Gasteiger partial charge in [-0.2, -0.15) is 0 Å². The Morgan fingerprint density at radius 3 is 2.47 bits per heavy atom. The molecule has 1 aliphatic carbocycles. The van der Waals surface area contributed by atoms with Gasteiger partial charge in [-0.1, -0.05) is 43.2 Å². The summed E-state index contributed by atoms with van der Waals surface area (Å²) in [5.74, 6) is 1.08. The van der Waals surface area contributed by atoms with E-state index in [4.69, 9.17) is 4.74 Å². The third-order valence-corrected chi connectivity index (χ3v) is 6.92. The molecule has 2 aromatic carbocycles. The minimum absolute atomic E-state index is 0.156. The van der Waals surface area contributed by atoms with Crippen LogP contribution in [0.1, 0.15) is 60.3 Å². The van der Waals surface area contributed by atoms with Gasteiger partial charge in [0.05, 0.1) is 6.04 Å². The number of ether oxygens (including phenoxy) is 1. The SMILES string of the molecule is Cc1c(C(=O)N[C@@H](CCC2CC2)C(=O)N[C@H](C)c2ccc(OCCN(C)C)cc2)[nH]c2ccccc12. The molecule has 0 saturated heterocycles. The molecule has 3 N–H and O–H groups in total. The summed E-state index contributed by atoms with van der Waals surface area (Å²) >= 11 is 0. The van der Waals surface area contributed by atoms with E-state index in [9.17, 15) is 9.59 Å². The summed E-state index contributed by atoms with van der Waals surface area (Å²) in [6.07, 6.45) is 4.00. The van der Waals surface area contributed by atoms with Crippen molar-refractivity contribution in [3.8, 4) is 5.75 Å². The van der Waals surface area contributed by atoms with Gasteiger partial charge >= 0.3 is 0 Å². The van der Waals surface area contributed by atoms with Crippen LogP contribution in [0.2, 0.25) is 0 Å². The lowest BCUT2D eigenvalue weighted by Crippen LogP contribution is -2.47. The predicted molar refractivity (Wildman–Crippen MR) is 143 cm³/mol. The van der Waals surface area contributed by atoms with Crippen molar-refractivity contribution in [1.82, 2.24) is 20.5 Å². The summed E-state index contributed by atoms with van der Waals surface area (Å²) in [6, 6.07) is 14.9. The van der Waals surface area contributed by atoms with Crippen LogP contribution < -0.4 is 15.4 Å². The maximum atomic E-state index is 13.3. The van der Waals surface area contributed by atoms with Crippen LogP contribution in [0.5, 0.6) is 5.75 Å². The number of H-pyrrole nitrogens is 1. The van der Waals surface area contributed by atoms with E-state index in [0.29, 0.717) is 24.6 Å². The van der Waals surface area contributed by atoms with Crippen molar-refractivity contribution in [2.45, 2.75) is 51.6 Å². The molecule has 3 aromatic rings. The number of benzene rings is 2. The lowest BCUT2D eigenvalue weighted by atomic mass is 10.0. The molecule has 7 nitrogen and oxygen atoms in total. The largest absolute Gasteiger partial charge is 0.492 e. The van der Waals surface area contributed by atoms with Crippen molar-refractivity contribution in [3.63, 3.8) is 0 Å². The topological polar surface area (TPSA) is 86.5 Å². The Morgan fingerprint density at radius 2 is 1.81 bits per heavy atom. The number of para-hydroxylation sites is 1. The fraction of sp³-hybridized carbons (Fsp3) is 0.448. The van der Waals surface area contributed by atoms with Crippen LogP contribution in [0, 0.1) is 12.8 Å². The van der Waals surface area contributed by atoms with Gasteiger partial charge in [-0.25, -0.2) is 0 Å². The molecule has 1 fully saturated rings. The van der Waals surface area contributed by atoms with Crippen molar-refractivity contribution in [1.29, 1.82) is 0 Å². The second-order valence-electron chi connectivity index (χ2n) is 10.2. The van der Waals surface area contributed by atoms with Crippen LogP contribution in [-0.4, -0.2) is 55.0 Å². The van der Waals surface area contributed by atoms with E-state index in [-0.39, 0.29) is 17.9 Å². The minimum Gasteiger partial charge on any atom is -0.492 e. The average Bonchev–Trinajstić information content (AvgIpc) is 3.63. The number of aromatic nitrogens is 1. The molecule has 1 aromatic heterocycles. The molecule has 7 heteroatoms. The van der Waals surface area contributed by atoms with Crippen LogP contribution in [0.25, 0.3) is 10.9 Å². The lowest BCUT2D eigenvalue weighted by Gasteiger charge is -2.22. The van der Waals surface area contributed by atoms with E-state index in [2.05, 4.69) is 20.5 Å². The zero-order valence-electron chi connectivity index (χ0n) is 21.8. The van der Waals surface area contributed by atoms with Crippen LogP contribution in [-0.2, 0) is 4.79 Å². The summed E-state index contributed by atoms with van der Waals surface area (Å²) in [4.78, 5) is 31.8. The van der Waals surface area contributed by atoms with Gasteiger partial charge in [-0.3, -0.25) is 9.59 Å². The smallest absolute Gasteiger partial charge is 0.268 e. The Kier molecular flexibility index (Phi) is 8.31. The van der Waals surface area contributed by atoms with Crippen LogP contribution in [0.15, 0.2) is 48.5 Å². The summed E-state index contributed by atoms with van der Waals surface area (Å²) in [6.45, 7) is 5.36. The number of fused-ring (bicyclic) bond motifs is 1. The number of amides is 2. The number of hydrogen-bond donors (Lipinski definition) is 3. The average molecular weight is 491 g/mol. The highest BCUT2D eigenvalue weighted by Crippen LogP contribution is 2.34. The van der Waals surface area contributed by atoms with Crippen molar-refractivity contribution in [2.24, 2.45) is 5.92 Å². The Balaban J connectivity index is 1.39. The third kappa shape index (κ3) is 6.66. The highest BCUT2D eigenvalue weighted by molar-refractivity contribution is 6.02. The highest BCUT2D eigenvalue weighted by Gasteiger charge is 2.28. The van der Waals surface area contributed by atoms with Gasteiger partial charge in [0.1, 0.15) is 24.1 Å². The number of rotatable bonds is 12. The molecule has 0 unspecified atom stereocenters. The van der Waals surface area contributed by atoms with Crippen LogP contribution in [0.3, 0.4) is 0 Å². The predicted octanol–water partition coefficient (Wildman–Crippen LogP) is 4.58. The highest BCUT2D eigenvalue weighted by atomic mass is 16.5. The fourth-order valence-corrected chi connectivity index (χ4v) is 4.41. The standard InChI is InChI=1S/C29H38N4O3/c1-19-24-7-5-6-8-25(24)31-27(19)29(35)32-26(16-11-21-9-10-21)28(34)30-20(2)22-12-14-23(15-13-22)36-18-17-33(3)4/h5-8,12-15,20-21,26,31H,9-11,16-18H2,1-4H3,(H,30,34)(H,32,35)/t20-,26+/m1/s1. The molecule has 2 atom stereocenters. The number of nitrogens with one attached hydrogen (secondary N) is 3. The molecule has 192 valence electrons. The number of hydrogen-bond acceptors (Lipinski definition) is 4. The second-order valence-corrected chi connectivity index (χ2v) is 10.2. The zero-order chi connectivity index (χ0) is 25.7. The number of carbonyl (C=O) groups is 2. The summed E-state index contributed by atoms with van der Waals surface area (Å²) < 4.78 is 5.77. The van der Waals surface area contributed by atoms with Crippen molar-refractivity contribution < 1.29 is 14.3 Å². The van der Waals surface area contributed by atoms with Crippen molar-refractivity contribution >= 4 is 22.7 Å². The van der Waals surface area contributed by atoms with E-state index < -0.39 is 6.04 Å². The Morgan fingerprint density at radius 1 is 1.08 bits per heavy atom. The summed E-state index contributed by atoms with van der Waals surface area (Å²) in [7, 11) is 4.02. The lowest BCUT2D eigenvalue weighted by molar-refractivity contribution is -0.123. The summed E-state index contributed by atoms with van der Waals surface area (Å²) in [5.41, 5.74) is 3.31. The van der Waals surface area contributed by atoms with Gasteiger partial charge in [0.2, 0.25) is 5.91 Å². The third-order valence-electron chi connectivity index (χ3n) is 6.92. The second kappa shape index (κ2) is 11.6. The molecule has 4 rings (SSSR count). The number of aromatic amines is 1. The fourth-order valence-electron chi connectivity index (χ4n) is 4.41. The number of carbonyl (C=O) groups excluding carboxylic acids is 2. The quantitative estimate of drug-likeness (QED) is 0.347. The summed E-state index contributed by atoms with van der Waals surface area (Å²) in [5, 5.41) is 7.13. The Hall–Kier alpha value is -3.32. The Bertz CT molecular complexity index is 1180. The van der Waals surface area contributed by atoms with Crippen molar-refractivity contribution in [2.75, 3.05) is 27.2 Å². The maximum Gasteiger partial charge on any atom is 0.268 e. The van der Waals surface area contributed by atoms with Gasteiger partial charge in [-0.05, 0) is 76.0 Å². The van der Waals surface area contributed by atoms with Crippen LogP contribution in [0.4, 0.5) is 0 Å². The van der Waals surface area contributed by atoms with E-state index in [1.54, 1.807) is 0 Å². The Labute approximate surface area is 213 Å². The molecular formula is C29H38N4O3. The van der Waals surface area contributed by atoms with Gasteiger partial charge in [-0.15, -0.1) is 0 Å². The molecule has 0 radical (unpaired) electrons.